The highest BCUT2D eigenvalue weighted by molar-refractivity contribution is 7.71. The zero-order valence-electron chi connectivity index (χ0n) is 12.4. The number of aromatic hydroxyl groups is 1. The molecule has 0 aliphatic rings. The van der Waals surface area contributed by atoms with Gasteiger partial charge in [-0.15, -0.1) is 0 Å². The minimum Gasteiger partial charge on any atom is -0.860 e. The van der Waals surface area contributed by atoms with Crippen LogP contribution in [0.25, 0.3) is 0 Å². The summed E-state index contributed by atoms with van der Waals surface area (Å²) in [6.07, 6.45) is 0. The van der Waals surface area contributed by atoms with E-state index < -0.39 is 23.2 Å². The van der Waals surface area contributed by atoms with Crippen LogP contribution < -0.4 is 15.8 Å². The molecule has 3 rings (SSSR count). The molecule has 0 aliphatic heterocycles. The third kappa shape index (κ3) is 2.69. The summed E-state index contributed by atoms with van der Waals surface area (Å²) in [5, 5.41) is 27.7. The second-order valence-corrected chi connectivity index (χ2v) is 5.68. The van der Waals surface area contributed by atoms with Crippen LogP contribution in [0.1, 0.15) is 28.3 Å². The van der Waals surface area contributed by atoms with Gasteiger partial charge in [0.05, 0.1) is 11.6 Å². The van der Waals surface area contributed by atoms with Crippen LogP contribution in [0.15, 0.2) is 29.1 Å². The molecule has 0 amide bonds. The molecule has 0 saturated heterocycles. The van der Waals surface area contributed by atoms with Gasteiger partial charge in [0.2, 0.25) is 0 Å². The van der Waals surface area contributed by atoms with Crippen molar-refractivity contribution in [1.29, 1.82) is 0 Å². The number of rotatable bonds is 3. The van der Waals surface area contributed by atoms with Gasteiger partial charge in [0, 0.05) is 5.56 Å². The van der Waals surface area contributed by atoms with Crippen molar-refractivity contribution in [2.24, 2.45) is 0 Å². The Labute approximate surface area is 139 Å². The second-order valence-electron chi connectivity index (χ2n) is 5.27. The van der Waals surface area contributed by atoms with Crippen molar-refractivity contribution in [2.75, 3.05) is 0 Å². The fourth-order valence-electron chi connectivity index (χ4n) is 2.69. The smallest absolute Gasteiger partial charge is 0.393 e. The Morgan fingerprint density at radius 3 is 2.46 bits per heavy atom. The highest BCUT2D eigenvalue weighted by atomic mass is 32.1. The molecule has 0 radical (unpaired) electrons. The van der Waals surface area contributed by atoms with Gasteiger partial charge in [-0.1, -0.05) is 17.2 Å². The van der Waals surface area contributed by atoms with Gasteiger partial charge in [0.25, 0.3) is 5.56 Å². The van der Waals surface area contributed by atoms with E-state index >= 15 is 0 Å². The van der Waals surface area contributed by atoms with E-state index in [1.807, 2.05) is 0 Å². The van der Waals surface area contributed by atoms with Gasteiger partial charge in [0.1, 0.15) is 11.4 Å². The summed E-state index contributed by atoms with van der Waals surface area (Å²) in [5.74, 6) is -2.25. The number of hydrogen-bond acceptors (Lipinski definition) is 4. The first-order valence-corrected chi connectivity index (χ1v) is 7.37. The average Bonchev–Trinajstić information content (AvgIpc) is 2.83. The van der Waals surface area contributed by atoms with E-state index in [1.165, 1.54) is 24.3 Å². The lowest BCUT2D eigenvalue weighted by Gasteiger charge is -2.21. The molecule has 24 heavy (non-hydrogen) atoms. The van der Waals surface area contributed by atoms with Gasteiger partial charge < -0.3 is 15.2 Å². The van der Waals surface area contributed by atoms with Crippen molar-refractivity contribution in [3.8, 4) is 11.8 Å². The molecule has 0 fully saturated rings. The molecule has 2 aromatic heterocycles. The summed E-state index contributed by atoms with van der Waals surface area (Å²) in [6.45, 7) is 1.67. The molecule has 9 heteroatoms. The van der Waals surface area contributed by atoms with Gasteiger partial charge in [-0.25, -0.2) is 4.39 Å². The maximum absolute atomic E-state index is 13.3. The van der Waals surface area contributed by atoms with E-state index in [-0.39, 0.29) is 16.2 Å². The van der Waals surface area contributed by atoms with Crippen molar-refractivity contribution in [3.63, 3.8) is 0 Å². The molecule has 2 heterocycles. The first kappa shape index (κ1) is 15.9. The fourth-order valence-corrected chi connectivity index (χ4v) is 2.87. The van der Waals surface area contributed by atoms with Crippen LogP contribution in [0.3, 0.4) is 0 Å². The lowest BCUT2D eigenvalue weighted by Crippen LogP contribution is -2.22. The highest BCUT2D eigenvalue weighted by Crippen LogP contribution is 2.37. The molecule has 0 saturated carbocycles. The van der Waals surface area contributed by atoms with Crippen molar-refractivity contribution in [1.82, 2.24) is 15.1 Å². The third-order valence-electron chi connectivity index (χ3n) is 3.75. The predicted molar refractivity (Wildman–Crippen MR) is 82.8 cm³/mol. The van der Waals surface area contributed by atoms with E-state index in [9.17, 15) is 19.4 Å². The van der Waals surface area contributed by atoms with Crippen LogP contribution in [0.4, 0.5) is 4.39 Å². The molecular weight excluding hydrogens is 335 g/mol. The Bertz CT molecular complexity index is 987. The van der Waals surface area contributed by atoms with E-state index in [0.29, 0.717) is 16.8 Å². The molecule has 7 nitrogen and oxygen atoms in total. The zero-order valence-corrected chi connectivity index (χ0v) is 13.3. The number of halogens is 1. The maximum Gasteiger partial charge on any atom is 0.393 e. The molecule has 124 valence electrons. The number of aryl methyl sites for hydroxylation is 1. The topological polar surface area (TPSA) is 122 Å². The summed E-state index contributed by atoms with van der Waals surface area (Å²) < 4.78 is 13.2. The van der Waals surface area contributed by atoms with Crippen LogP contribution >= 0.6 is 12.2 Å². The largest absolute Gasteiger partial charge is 0.860 e. The van der Waals surface area contributed by atoms with Crippen LogP contribution in [-0.4, -0.2) is 20.2 Å². The molecule has 1 atom stereocenters. The number of nitrogens with one attached hydrogen (secondary N) is 4. The summed E-state index contributed by atoms with van der Waals surface area (Å²) >= 11 is 4.80. The first-order chi connectivity index (χ1) is 11.4. The van der Waals surface area contributed by atoms with Crippen LogP contribution in [0.2, 0.25) is 0 Å². The number of H-pyrrole nitrogens is 4. The minimum atomic E-state index is -0.906. The van der Waals surface area contributed by atoms with E-state index in [2.05, 4.69) is 20.2 Å². The quantitative estimate of drug-likeness (QED) is 0.527. The number of benzene rings is 1. The Balaban J connectivity index is 2.34. The van der Waals surface area contributed by atoms with E-state index in [0.717, 1.165) is 0 Å². The predicted octanol–water partition coefficient (Wildman–Crippen LogP) is 0.982. The number of aromatic nitrogens is 4. The third-order valence-corrected chi connectivity index (χ3v) is 3.96. The van der Waals surface area contributed by atoms with Gasteiger partial charge >= 0.3 is 5.88 Å². The van der Waals surface area contributed by atoms with Gasteiger partial charge in [-0.05, 0) is 42.7 Å². The molecular formula is C15H13FN4O3S. The highest BCUT2D eigenvalue weighted by Gasteiger charge is 2.30. The first-order valence-electron chi connectivity index (χ1n) is 6.96. The van der Waals surface area contributed by atoms with Crippen LogP contribution in [0, 0.1) is 17.5 Å². The molecule has 0 unspecified atom stereocenters. The standard InChI is InChI=1S/C15H13FN4O3S/c1-6-9(14(23)20-19-6)10(7-2-4-8(16)5-3-7)11-12(21)17-15(24)18-13(11)22/h2-5,10H,1H3,(H2,19,20,23)(H3,17,18,21,22,24)/t10-/m1/s1. The number of aromatic amines is 4. The Kier molecular flexibility index (Phi) is 3.94. The average molecular weight is 348 g/mol. The zero-order chi connectivity index (χ0) is 17.4. The van der Waals surface area contributed by atoms with Crippen molar-refractivity contribution < 1.29 is 19.7 Å². The Hall–Kier alpha value is -2.94. The molecule has 0 bridgehead atoms. The monoisotopic (exact) mass is 348 g/mol. The Morgan fingerprint density at radius 2 is 1.92 bits per heavy atom. The van der Waals surface area contributed by atoms with Crippen molar-refractivity contribution in [2.45, 2.75) is 12.8 Å². The number of hydrogen-bond donors (Lipinski definition) is 4. The second kappa shape index (κ2) is 5.93. The normalized spacial score (nSPS) is 12.2. The summed E-state index contributed by atoms with van der Waals surface area (Å²) in [4.78, 5) is 17.1. The van der Waals surface area contributed by atoms with Crippen molar-refractivity contribution >= 4 is 12.2 Å². The van der Waals surface area contributed by atoms with E-state index in [4.69, 9.17) is 12.2 Å². The Morgan fingerprint density at radius 1 is 1.25 bits per heavy atom. The summed E-state index contributed by atoms with van der Waals surface area (Å²) in [7, 11) is 0. The lowest BCUT2D eigenvalue weighted by atomic mass is 9.86. The fraction of sp³-hybridized carbons (Fsp3) is 0.133. The molecule has 1 aromatic carbocycles. The van der Waals surface area contributed by atoms with Crippen LogP contribution in [-0.2, 0) is 0 Å². The van der Waals surface area contributed by atoms with Crippen molar-refractivity contribution in [3.05, 3.63) is 67.6 Å². The van der Waals surface area contributed by atoms with Crippen LogP contribution in [0.5, 0.6) is 11.8 Å². The van der Waals surface area contributed by atoms with Gasteiger partial charge in [0.15, 0.2) is 4.77 Å². The summed E-state index contributed by atoms with van der Waals surface area (Å²) in [6, 6.07) is 5.34. The minimum absolute atomic E-state index is 0.0896. The SMILES string of the molecule is Cc1[nH][nH+]c(O)c1[C@@H](c1ccc(F)cc1)c1c([O-])[nH]c(=S)[nH]c1=O. The van der Waals surface area contributed by atoms with E-state index in [1.54, 1.807) is 6.92 Å². The molecule has 5 N–H and O–H groups in total. The molecule has 0 spiro atoms. The van der Waals surface area contributed by atoms with Gasteiger partial charge in [-0.2, -0.15) is 5.10 Å². The molecule has 0 aliphatic carbocycles. The lowest BCUT2D eigenvalue weighted by molar-refractivity contribution is -0.462. The summed E-state index contributed by atoms with van der Waals surface area (Å²) in [5.41, 5.74) is 0.494. The molecule has 3 aromatic rings. The maximum atomic E-state index is 13.3. The van der Waals surface area contributed by atoms with Gasteiger partial charge in [-0.3, -0.25) is 9.78 Å².